The lowest BCUT2D eigenvalue weighted by Gasteiger charge is -2.36. The molecule has 0 aliphatic carbocycles. The summed E-state index contributed by atoms with van der Waals surface area (Å²) in [6, 6.07) is 10.8. The molecule has 1 aliphatic heterocycles. The number of halogens is 1. The maximum Gasteiger partial charge on any atom is 0.160 e. The van der Waals surface area contributed by atoms with Crippen LogP contribution in [-0.2, 0) is 10.5 Å². The Labute approximate surface area is 194 Å². The number of benzene rings is 1. The highest BCUT2D eigenvalue weighted by atomic mass is 35.5. The summed E-state index contributed by atoms with van der Waals surface area (Å²) in [5.74, 6) is 4.19. The Bertz CT molecular complexity index is 721. The summed E-state index contributed by atoms with van der Waals surface area (Å²) in [4.78, 5) is 4.01. The first-order valence-corrected chi connectivity index (χ1v) is 12.7. The molecule has 0 bridgehead atoms. The molecule has 0 radical (unpaired) electrons. The van der Waals surface area contributed by atoms with Crippen LogP contribution >= 0.6 is 47.3 Å². The van der Waals surface area contributed by atoms with Gasteiger partial charge in [-0.15, -0.1) is 47.3 Å². The molecule has 1 saturated heterocycles. The van der Waals surface area contributed by atoms with E-state index in [9.17, 15) is 0 Å². The second kappa shape index (κ2) is 12.4. The third-order valence-corrected chi connectivity index (χ3v) is 9.90. The quantitative estimate of drug-likeness (QED) is 0.410. The lowest BCUT2D eigenvalue weighted by Crippen LogP contribution is -2.26. The van der Waals surface area contributed by atoms with Crippen molar-refractivity contribution in [1.82, 2.24) is 4.90 Å². The molecule has 162 valence electrons. The first-order valence-electron chi connectivity index (χ1n) is 9.88. The number of ether oxygens (including phenoxy) is 2. The molecule has 0 spiro atoms. The van der Waals surface area contributed by atoms with Gasteiger partial charge in [-0.2, -0.15) is 0 Å². The van der Waals surface area contributed by atoms with E-state index in [0.717, 1.165) is 31.0 Å². The molecule has 3 nitrogen and oxygen atoms in total. The Kier molecular flexibility index (Phi) is 10.5. The van der Waals surface area contributed by atoms with Gasteiger partial charge in [-0.1, -0.05) is 12.1 Å². The van der Waals surface area contributed by atoms with E-state index in [1.54, 1.807) is 19.1 Å². The lowest BCUT2D eigenvalue weighted by atomic mass is 10.1. The zero-order valence-electron chi connectivity index (χ0n) is 17.5. The largest absolute Gasteiger partial charge is 0.493 e. The van der Waals surface area contributed by atoms with Gasteiger partial charge in [0.15, 0.2) is 11.5 Å². The summed E-state index contributed by atoms with van der Waals surface area (Å²) in [5, 5.41) is 2.22. The van der Waals surface area contributed by atoms with Crippen molar-refractivity contribution in [3.63, 3.8) is 0 Å². The van der Waals surface area contributed by atoms with Crippen LogP contribution in [0.2, 0.25) is 0 Å². The van der Waals surface area contributed by atoms with Crippen LogP contribution in [0, 0.1) is 0 Å². The van der Waals surface area contributed by atoms with E-state index in [1.165, 1.54) is 36.3 Å². The zero-order valence-corrected chi connectivity index (χ0v) is 20.8. The molecular weight excluding hydrogens is 442 g/mol. The fourth-order valence-electron chi connectivity index (χ4n) is 3.53. The van der Waals surface area contributed by atoms with Crippen molar-refractivity contribution in [3.8, 4) is 11.5 Å². The molecule has 0 N–H and O–H groups in total. The van der Waals surface area contributed by atoms with Crippen molar-refractivity contribution in [2.75, 3.05) is 45.9 Å². The van der Waals surface area contributed by atoms with Crippen molar-refractivity contribution in [2.45, 2.75) is 29.8 Å². The Balaban J connectivity index is 0.00000300. The van der Waals surface area contributed by atoms with Gasteiger partial charge in [-0.25, -0.2) is 0 Å². The average Bonchev–Trinajstić information content (AvgIpc) is 3.28. The number of likely N-dealkylation sites (N-methyl/N-ethyl adjacent to an activating group) is 1. The molecule has 0 saturated carbocycles. The van der Waals surface area contributed by atoms with E-state index in [-0.39, 0.29) is 16.5 Å². The van der Waals surface area contributed by atoms with E-state index in [1.807, 2.05) is 17.4 Å². The van der Waals surface area contributed by atoms with Gasteiger partial charge >= 0.3 is 0 Å². The number of nitrogens with zero attached hydrogens (tertiary/aromatic N) is 1. The molecule has 1 aromatic heterocycles. The monoisotopic (exact) mass is 473 g/mol. The maximum absolute atomic E-state index is 5.42. The molecule has 1 aromatic carbocycles. The van der Waals surface area contributed by atoms with Gasteiger partial charge in [0.2, 0.25) is 0 Å². The molecular formula is C22H32ClNO2S3. The van der Waals surface area contributed by atoms with Crippen LogP contribution in [0.1, 0.15) is 29.7 Å². The fourth-order valence-corrected chi connectivity index (χ4v) is 8.16. The molecule has 3 rings (SSSR count). The summed E-state index contributed by atoms with van der Waals surface area (Å²) in [6.45, 7) is 2.20. The average molecular weight is 474 g/mol. The Morgan fingerprint density at radius 2 is 1.79 bits per heavy atom. The van der Waals surface area contributed by atoms with Crippen LogP contribution in [0.4, 0.5) is 0 Å². The fraction of sp³-hybridized carbons (Fsp3) is 0.545. The van der Waals surface area contributed by atoms with E-state index in [4.69, 9.17) is 9.47 Å². The van der Waals surface area contributed by atoms with Crippen LogP contribution < -0.4 is 9.47 Å². The molecule has 0 atom stereocenters. The normalized spacial score (nSPS) is 15.7. The minimum absolute atomic E-state index is 0. The zero-order chi connectivity index (χ0) is 19.8. The van der Waals surface area contributed by atoms with Gasteiger partial charge < -0.3 is 14.4 Å². The Morgan fingerprint density at radius 1 is 1.03 bits per heavy atom. The molecule has 0 amide bonds. The molecule has 29 heavy (non-hydrogen) atoms. The summed E-state index contributed by atoms with van der Waals surface area (Å²) in [7, 11) is 5.61. The van der Waals surface area contributed by atoms with Gasteiger partial charge in [-0.05, 0) is 79.9 Å². The predicted molar refractivity (Wildman–Crippen MR) is 133 cm³/mol. The Morgan fingerprint density at radius 3 is 2.45 bits per heavy atom. The number of hydrogen-bond acceptors (Lipinski definition) is 6. The van der Waals surface area contributed by atoms with Gasteiger partial charge in [0, 0.05) is 11.4 Å². The number of rotatable bonds is 10. The molecule has 1 aliphatic rings. The number of hydrogen-bond donors (Lipinski definition) is 0. The SMILES string of the molecule is COc1ccc(CCN(C)CCCC2(c3cccs3)SCCCS2)cc1OC.Cl. The highest BCUT2D eigenvalue weighted by Crippen LogP contribution is 2.54. The van der Waals surface area contributed by atoms with Crippen molar-refractivity contribution >= 4 is 47.3 Å². The highest BCUT2D eigenvalue weighted by molar-refractivity contribution is 8.18. The van der Waals surface area contributed by atoms with E-state index >= 15 is 0 Å². The van der Waals surface area contributed by atoms with Gasteiger partial charge in [0.1, 0.15) is 0 Å². The van der Waals surface area contributed by atoms with Crippen LogP contribution in [0.25, 0.3) is 0 Å². The van der Waals surface area contributed by atoms with Crippen LogP contribution in [0.15, 0.2) is 35.7 Å². The van der Waals surface area contributed by atoms with Crippen molar-refractivity contribution < 1.29 is 9.47 Å². The second-order valence-corrected chi connectivity index (χ2v) is 11.1. The lowest BCUT2D eigenvalue weighted by molar-refractivity contribution is 0.327. The third kappa shape index (κ3) is 6.73. The first kappa shape index (κ1) is 24.7. The number of thiophene rings is 1. The van der Waals surface area contributed by atoms with Gasteiger partial charge in [0.25, 0.3) is 0 Å². The summed E-state index contributed by atoms with van der Waals surface area (Å²) in [6.07, 6.45) is 4.86. The van der Waals surface area contributed by atoms with Crippen molar-refractivity contribution in [1.29, 1.82) is 0 Å². The minimum atomic E-state index is 0. The molecule has 2 aromatic rings. The molecule has 2 heterocycles. The molecule has 1 fully saturated rings. The maximum atomic E-state index is 5.42. The van der Waals surface area contributed by atoms with Gasteiger partial charge in [-0.3, -0.25) is 0 Å². The predicted octanol–water partition coefficient (Wildman–Crippen LogP) is 6.16. The first-order chi connectivity index (χ1) is 13.7. The molecule has 0 unspecified atom stereocenters. The van der Waals surface area contributed by atoms with E-state index in [0.29, 0.717) is 0 Å². The summed E-state index contributed by atoms with van der Waals surface area (Å²) >= 11 is 6.26. The second-order valence-electron chi connectivity index (χ2n) is 7.13. The van der Waals surface area contributed by atoms with Crippen LogP contribution in [-0.4, -0.2) is 50.8 Å². The van der Waals surface area contributed by atoms with E-state index in [2.05, 4.69) is 65.1 Å². The number of thioether (sulfide) groups is 2. The topological polar surface area (TPSA) is 21.7 Å². The van der Waals surface area contributed by atoms with Crippen LogP contribution in [0.5, 0.6) is 11.5 Å². The summed E-state index contributed by atoms with van der Waals surface area (Å²) in [5.41, 5.74) is 1.29. The minimum Gasteiger partial charge on any atom is -0.493 e. The van der Waals surface area contributed by atoms with E-state index < -0.39 is 0 Å². The van der Waals surface area contributed by atoms with Crippen molar-refractivity contribution in [2.24, 2.45) is 0 Å². The van der Waals surface area contributed by atoms with Crippen molar-refractivity contribution in [3.05, 3.63) is 46.2 Å². The number of methoxy groups -OCH3 is 2. The smallest absolute Gasteiger partial charge is 0.160 e. The Hall–Kier alpha value is -0.530. The van der Waals surface area contributed by atoms with Gasteiger partial charge in [0.05, 0.1) is 18.3 Å². The standard InChI is InChI=1S/C22H31NO2S3.ClH/c1-23(13-10-18-8-9-19(24-2)20(17-18)25-3)12-5-11-22(21-7-4-14-26-21)27-15-6-16-28-22;/h4,7-9,14,17H,5-6,10-13,15-16H2,1-3H3;1H. The highest BCUT2D eigenvalue weighted by Gasteiger charge is 2.36. The van der Waals surface area contributed by atoms with Crippen LogP contribution in [0.3, 0.4) is 0 Å². The third-order valence-electron chi connectivity index (χ3n) is 5.13. The summed E-state index contributed by atoms with van der Waals surface area (Å²) < 4.78 is 11.0. The molecule has 7 heteroatoms.